The van der Waals surface area contributed by atoms with Crippen molar-refractivity contribution in [3.8, 4) is 0 Å². The molecule has 2 aromatic rings. The van der Waals surface area contributed by atoms with Gasteiger partial charge in [-0.05, 0) is 31.7 Å². The van der Waals surface area contributed by atoms with Crippen molar-refractivity contribution in [2.24, 2.45) is 13.0 Å². The quantitative estimate of drug-likeness (QED) is 0.863. The Balaban J connectivity index is 2.17. The lowest BCUT2D eigenvalue weighted by atomic mass is 9.95. The Bertz CT molecular complexity index is 557. The van der Waals surface area contributed by atoms with Crippen LogP contribution in [0, 0.1) is 12.8 Å². The van der Waals surface area contributed by atoms with Crippen molar-refractivity contribution in [2.45, 2.75) is 46.2 Å². The van der Waals surface area contributed by atoms with E-state index in [1.54, 1.807) is 0 Å². The number of hydrogen-bond donors (Lipinski definition) is 1. The van der Waals surface area contributed by atoms with Crippen molar-refractivity contribution in [2.75, 3.05) is 0 Å². The summed E-state index contributed by atoms with van der Waals surface area (Å²) in [6.07, 6.45) is 3.11. The Morgan fingerprint density at radius 2 is 1.81 bits per heavy atom. The van der Waals surface area contributed by atoms with Gasteiger partial charge in [0.25, 0.3) is 0 Å². The molecule has 2 atom stereocenters. The first-order valence-electron chi connectivity index (χ1n) is 7.78. The van der Waals surface area contributed by atoms with E-state index in [1.165, 1.54) is 16.8 Å². The zero-order valence-corrected chi connectivity index (χ0v) is 13.8. The van der Waals surface area contributed by atoms with Gasteiger partial charge >= 0.3 is 0 Å². The molecule has 1 aromatic carbocycles. The normalized spacial score (nSPS) is 14.4. The smallest absolute Gasteiger partial charge is 0.0540 e. The van der Waals surface area contributed by atoms with Gasteiger partial charge in [0.05, 0.1) is 6.20 Å². The van der Waals surface area contributed by atoms with Crippen molar-refractivity contribution in [1.29, 1.82) is 0 Å². The molecule has 2 rings (SSSR count). The number of aryl methyl sites for hydroxylation is 1. The van der Waals surface area contributed by atoms with Crippen molar-refractivity contribution < 1.29 is 0 Å². The second-order valence-corrected chi connectivity index (χ2v) is 6.29. The summed E-state index contributed by atoms with van der Waals surface area (Å²) in [6.45, 7) is 8.90. The summed E-state index contributed by atoms with van der Waals surface area (Å²) in [5.41, 5.74) is 3.87. The fourth-order valence-electron chi connectivity index (χ4n) is 2.79. The number of benzene rings is 1. The number of rotatable bonds is 6. The molecule has 3 nitrogen and oxygen atoms in total. The first-order chi connectivity index (χ1) is 9.99. The van der Waals surface area contributed by atoms with E-state index in [2.05, 4.69) is 68.4 Å². The van der Waals surface area contributed by atoms with Crippen LogP contribution in [0.2, 0.25) is 0 Å². The Morgan fingerprint density at radius 1 is 1.14 bits per heavy atom. The fourth-order valence-corrected chi connectivity index (χ4v) is 2.79. The number of nitrogens with one attached hydrogen (secondary N) is 1. The number of hydrogen-bond acceptors (Lipinski definition) is 2. The van der Waals surface area contributed by atoms with E-state index in [4.69, 9.17) is 0 Å². The minimum absolute atomic E-state index is 0.294. The van der Waals surface area contributed by atoms with Crippen LogP contribution in [0.3, 0.4) is 0 Å². The molecule has 0 radical (unpaired) electrons. The average molecular weight is 285 g/mol. The molecular weight excluding hydrogens is 258 g/mol. The average Bonchev–Trinajstić information content (AvgIpc) is 2.79. The molecule has 114 valence electrons. The monoisotopic (exact) mass is 285 g/mol. The molecule has 1 heterocycles. The summed E-state index contributed by atoms with van der Waals surface area (Å²) < 4.78 is 1.94. The predicted molar refractivity (Wildman–Crippen MR) is 88.1 cm³/mol. The lowest BCUT2D eigenvalue weighted by molar-refractivity contribution is 0.393. The van der Waals surface area contributed by atoms with Crippen LogP contribution in [-0.4, -0.2) is 9.78 Å². The maximum Gasteiger partial charge on any atom is 0.0540 e. The van der Waals surface area contributed by atoms with Gasteiger partial charge in [-0.15, -0.1) is 0 Å². The minimum Gasteiger partial charge on any atom is -0.303 e. The van der Waals surface area contributed by atoms with Gasteiger partial charge in [-0.3, -0.25) is 4.68 Å². The van der Waals surface area contributed by atoms with Crippen LogP contribution in [0.15, 0.2) is 36.5 Å². The van der Waals surface area contributed by atoms with E-state index in [0.29, 0.717) is 18.0 Å². The van der Waals surface area contributed by atoms with Crippen LogP contribution >= 0.6 is 0 Å². The lowest BCUT2D eigenvalue weighted by Crippen LogP contribution is -2.26. The highest BCUT2D eigenvalue weighted by molar-refractivity contribution is 5.23. The fraction of sp³-hybridized carbons (Fsp3) is 0.500. The third-order valence-electron chi connectivity index (χ3n) is 4.10. The predicted octanol–water partition coefficient (Wildman–Crippen LogP) is 4.17. The Kier molecular flexibility index (Phi) is 5.18. The topological polar surface area (TPSA) is 29.9 Å². The highest BCUT2D eigenvalue weighted by Crippen LogP contribution is 2.26. The van der Waals surface area contributed by atoms with Crippen LogP contribution in [0.5, 0.6) is 0 Å². The van der Waals surface area contributed by atoms with Gasteiger partial charge < -0.3 is 5.32 Å². The number of aromatic nitrogens is 2. The standard InChI is InChI=1S/C18H27N3/c1-13(2)11-18(16-9-7-6-8-10-16)20-14(3)17-12-19-21(5)15(17)4/h6-10,12-14,18,20H,11H2,1-5H3. The molecule has 1 aromatic heterocycles. The minimum atomic E-state index is 0.294. The summed E-state index contributed by atoms with van der Waals surface area (Å²) in [4.78, 5) is 0. The summed E-state index contributed by atoms with van der Waals surface area (Å²) in [6, 6.07) is 11.4. The van der Waals surface area contributed by atoms with Crippen LogP contribution in [0.1, 0.15) is 56.1 Å². The molecule has 0 saturated carbocycles. The molecule has 0 bridgehead atoms. The van der Waals surface area contributed by atoms with Crippen molar-refractivity contribution in [3.63, 3.8) is 0 Å². The Labute approximate surface area is 128 Å². The van der Waals surface area contributed by atoms with Gasteiger partial charge in [0.1, 0.15) is 0 Å². The van der Waals surface area contributed by atoms with Gasteiger partial charge in [-0.2, -0.15) is 5.10 Å². The van der Waals surface area contributed by atoms with Gasteiger partial charge in [0.15, 0.2) is 0 Å². The van der Waals surface area contributed by atoms with Crippen molar-refractivity contribution >= 4 is 0 Å². The van der Waals surface area contributed by atoms with Crippen molar-refractivity contribution in [1.82, 2.24) is 15.1 Å². The van der Waals surface area contributed by atoms with E-state index in [1.807, 2.05) is 17.9 Å². The Morgan fingerprint density at radius 3 is 2.33 bits per heavy atom. The molecule has 0 aliphatic heterocycles. The molecular formula is C18H27N3. The van der Waals surface area contributed by atoms with Gasteiger partial charge in [0.2, 0.25) is 0 Å². The van der Waals surface area contributed by atoms with E-state index in [-0.39, 0.29) is 0 Å². The SMILES string of the molecule is Cc1c(C(C)NC(CC(C)C)c2ccccc2)cnn1C. The molecule has 0 fully saturated rings. The lowest BCUT2D eigenvalue weighted by Gasteiger charge is -2.25. The van der Waals surface area contributed by atoms with Crippen LogP contribution in [-0.2, 0) is 7.05 Å². The van der Waals surface area contributed by atoms with E-state index < -0.39 is 0 Å². The van der Waals surface area contributed by atoms with Crippen LogP contribution < -0.4 is 5.32 Å². The molecule has 0 spiro atoms. The van der Waals surface area contributed by atoms with Crippen LogP contribution in [0.4, 0.5) is 0 Å². The molecule has 2 unspecified atom stereocenters. The summed E-state index contributed by atoms with van der Waals surface area (Å²) in [5.74, 6) is 0.657. The highest BCUT2D eigenvalue weighted by Gasteiger charge is 2.19. The first kappa shape index (κ1) is 15.8. The summed E-state index contributed by atoms with van der Waals surface area (Å²) in [7, 11) is 1.99. The van der Waals surface area contributed by atoms with Gasteiger partial charge in [0, 0.05) is 30.4 Å². The van der Waals surface area contributed by atoms with Gasteiger partial charge in [-0.1, -0.05) is 44.2 Å². The molecule has 0 aliphatic carbocycles. The third-order valence-corrected chi connectivity index (χ3v) is 4.10. The Hall–Kier alpha value is -1.61. The largest absolute Gasteiger partial charge is 0.303 e. The molecule has 1 N–H and O–H groups in total. The molecule has 0 amide bonds. The third kappa shape index (κ3) is 3.94. The summed E-state index contributed by atoms with van der Waals surface area (Å²) in [5, 5.41) is 8.14. The maximum atomic E-state index is 4.35. The first-order valence-corrected chi connectivity index (χ1v) is 7.78. The van der Waals surface area contributed by atoms with E-state index in [0.717, 1.165) is 6.42 Å². The molecule has 0 saturated heterocycles. The van der Waals surface area contributed by atoms with Crippen LogP contribution in [0.25, 0.3) is 0 Å². The second kappa shape index (κ2) is 6.90. The highest BCUT2D eigenvalue weighted by atomic mass is 15.3. The molecule has 21 heavy (non-hydrogen) atoms. The summed E-state index contributed by atoms with van der Waals surface area (Å²) >= 11 is 0. The van der Waals surface area contributed by atoms with E-state index in [9.17, 15) is 0 Å². The van der Waals surface area contributed by atoms with Crippen molar-refractivity contribution in [3.05, 3.63) is 53.3 Å². The van der Waals surface area contributed by atoms with Gasteiger partial charge in [-0.25, -0.2) is 0 Å². The molecule has 3 heteroatoms. The zero-order valence-electron chi connectivity index (χ0n) is 13.8. The number of nitrogens with zero attached hydrogens (tertiary/aromatic N) is 2. The maximum absolute atomic E-state index is 4.35. The van der Waals surface area contributed by atoms with E-state index >= 15 is 0 Å². The second-order valence-electron chi connectivity index (χ2n) is 6.29. The molecule has 0 aliphatic rings. The zero-order chi connectivity index (χ0) is 15.4.